The van der Waals surface area contributed by atoms with Crippen molar-refractivity contribution in [2.24, 2.45) is 0 Å². The predicted octanol–water partition coefficient (Wildman–Crippen LogP) is 3.33. The lowest BCUT2D eigenvalue weighted by Gasteiger charge is -2.08. The summed E-state index contributed by atoms with van der Waals surface area (Å²) in [6.45, 7) is 1.71. The minimum absolute atomic E-state index is 0.221. The average molecular weight is 406 g/mol. The SMILES string of the molecule is Cc1nc2cccc3nc(SCCCCCNS(=O)(=O)C(F)(F)F)c1n23. The zero-order valence-electron chi connectivity index (χ0n) is 13.9. The van der Waals surface area contributed by atoms with Crippen molar-refractivity contribution in [3.8, 4) is 0 Å². The summed E-state index contributed by atoms with van der Waals surface area (Å²) in [5.74, 6) is 0.742. The number of nitrogens with zero attached hydrogens (tertiary/aromatic N) is 3. The highest BCUT2D eigenvalue weighted by Gasteiger charge is 2.45. The summed E-state index contributed by atoms with van der Waals surface area (Å²) in [6, 6.07) is 5.74. The summed E-state index contributed by atoms with van der Waals surface area (Å²) in [6.07, 6.45) is 1.71. The van der Waals surface area contributed by atoms with E-state index in [9.17, 15) is 21.6 Å². The predicted molar refractivity (Wildman–Crippen MR) is 94.0 cm³/mol. The van der Waals surface area contributed by atoms with Gasteiger partial charge in [-0.2, -0.15) is 13.2 Å². The van der Waals surface area contributed by atoms with E-state index in [4.69, 9.17) is 0 Å². The number of halogens is 3. The molecular formula is C15H17F3N4O2S2. The molecule has 6 nitrogen and oxygen atoms in total. The van der Waals surface area contributed by atoms with E-state index >= 15 is 0 Å². The van der Waals surface area contributed by atoms with E-state index in [-0.39, 0.29) is 6.54 Å². The van der Waals surface area contributed by atoms with Crippen LogP contribution in [-0.2, 0) is 10.0 Å². The van der Waals surface area contributed by atoms with Crippen LogP contribution in [0.3, 0.4) is 0 Å². The Kier molecular flexibility index (Phi) is 5.31. The highest BCUT2D eigenvalue weighted by Crippen LogP contribution is 2.30. The molecule has 3 aromatic rings. The molecule has 0 spiro atoms. The van der Waals surface area contributed by atoms with Crippen LogP contribution >= 0.6 is 11.8 Å². The number of hydrogen-bond acceptors (Lipinski definition) is 5. The Labute approximate surface area is 152 Å². The molecular weight excluding hydrogens is 389 g/mol. The molecule has 3 rings (SSSR count). The third-order valence-corrected chi connectivity index (χ3v) is 6.12. The first kappa shape index (κ1) is 19.2. The number of unbranched alkanes of at least 4 members (excludes halogenated alkanes) is 2. The molecule has 142 valence electrons. The average Bonchev–Trinajstić information content (AvgIpc) is 3.08. The fourth-order valence-electron chi connectivity index (χ4n) is 2.65. The van der Waals surface area contributed by atoms with E-state index in [1.54, 1.807) is 16.5 Å². The third kappa shape index (κ3) is 3.74. The summed E-state index contributed by atoms with van der Waals surface area (Å²) in [4.78, 5) is 9.09. The van der Waals surface area contributed by atoms with E-state index in [0.29, 0.717) is 12.8 Å². The maximum atomic E-state index is 12.2. The van der Waals surface area contributed by atoms with Crippen LogP contribution in [0.15, 0.2) is 23.2 Å². The quantitative estimate of drug-likeness (QED) is 0.459. The summed E-state index contributed by atoms with van der Waals surface area (Å²) >= 11 is 1.57. The number of hydrogen-bond donors (Lipinski definition) is 1. The molecule has 1 N–H and O–H groups in total. The standard InChI is InChI=1S/C15H17F3N4O2S2/c1-10-13-14(21-12-7-5-6-11(20-10)22(12)13)25-9-4-2-3-8-19-26(23,24)15(16,17)18/h5-7,19H,2-4,8-9H2,1H3. The Morgan fingerprint density at radius 1 is 1.15 bits per heavy atom. The smallest absolute Gasteiger partial charge is 0.274 e. The highest BCUT2D eigenvalue weighted by atomic mass is 32.2. The number of alkyl halides is 3. The van der Waals surface area contributed by atoms with Crippen LogP contribution in [0.4, 0.5) is 13.2 Å². The molecule has 0 atom stereocenters. The number of nitrogens with one attached hydrogen (secondary N) is 1. The van der Waals surface area contributed by atoms with Gasteiger partial charge in [0, 0.05) is 6.54 Å². The van der Waals surface area contributed by atoms with Gasteiger partial charge in [-0.15, -0.1) is 11.8 Å². The first-order chi connectivity index (χ1) is 12.2. The largest absolute Gasteiger partial charge is 0.511 e. The lowest BCUT2D eigenvalue weighted by molar-refractivity contribution is -0.0447. The zero-order chi connectivity index (χ0) is 18.9. The van der Waals surface area contributed by atoms with Crippen LogP contribution in [0.25, 0.3) is 16.8 Å². The minimum atomic E-state index is -5.26. The number of aryl methyl sites for hydroxylation is 1. The summed E-state index contributed by atoms with van der Waals surface area (Å²) in [5.41, 5.74) is -1.68. The van der Waals surface area contributed by atoms with Gasteiger partial charge < -0.3 is 0 Å². The van der Waals surface area contributed by atoms with Crippen molar-refractivity contribution in [1.29, 1.82) is 0 Å². The second-order valence-electron chi connectivity index (χ2n) is 5.79. The fourth-order valence-corrected chi connectivity index (χ4v) is 4.30. The van der Waals surface area contributed by atoms with Crippen LogP contribution in [0.5, 0.6) is 0 Å². The van der Waals surface area contributed by atoms with Gasteiger partial charge in [-0.1, -0.05) is 12.5 Å². The first-order valence-corrected chi connectivity index (χ1v) is 10.4. The van der Waals surface area contributed by atoms with Crippen molar-refractivity contribution in [3.05, 3.63) is 23.9 Å². The summed E-state index contributed by atoms with van der Waals surface area (Å²) in [7, 11) is -5.24. The second-order valence-corrected chi connectivity index (χ2v) is 8.64. The molecule has 0 aliphatic heterocycles. The molecule has 0 unspecified atom stereocenters. The second kappa shape index (κ2) is 7.20. The Balaban J connectivity index is 1.47. The van der Waals surface area contributed by atoms with E-state index in [1.807, 2.05) is 29.5 Å². The molecule has 3 aromatic heterocycles. The first-order valence-electron chi connectivity index (χ1n) is 7.96. The number of aromatic nitrogens is 3. The molecule has 11 heteroatoms. The molecule has 0 aliphatic carbocycles. The van der Waals surface area contributed by atoms with Gasteiger partial charge in [0.25, 0.3) is 0 Å². The topological polar surface area (TPSA) is 76.4 Å². The van der Waals surface area contributed by atoms with Gasteiger partial charge >= 0.3 is 15.5 Å². The van der Waals surface area contributed by atoms with Gasteiger partial charge in [-0.25, -0.2) is 23.1 Å². The monoisotopic (exact) mass is 406 g/mol. The molecule has 0 aliphatic rings. The maximum Gasteiger partial charge on any atom is 0.511 e. The Morgan fingerprint density at radius 3 is 2.54 bits per heavy atom. The van der Waals surface area contributed by atoms with Gasteiger partial charge in [-0.05, 0) is 37.7 Å². The lowest BCUT2D eigenvalue weighted by atomic mass is 10.2. The van der Waals surface area contributed by atoms with Crippen molar-refractivity contribution < 1.29 is 21.6 Å². The summed E-state index contributed by atoms with van der Waals surface area (Å²) < 4.78 is 61.8. The van der Waals surface area contributed by atoms with Crippen LogP contribution in [0, 0.1) is 6.92 Å². The van der Waals surface area contributed by atoms with Crippen LogP contribution < -0.4 is 4.72 Å². The molecule has 0 saturated carbocycles. The number of rotatable bonds is 8. The van der Waals surface area contributed by atoms with Crippen LogP contribution in [0.2, 0.25) is 0 Å². The Hall–Kier alpha value is -1.59. The van der Waals surface area contributed by atoms with Gasteiger partial charge in [0.1, 0.15) is 21.8 Å². The molecule has 0 amide bonds. The van der Waals surface area contributed by atoms with Crippen LogP contribution in [0.1, 0.15) is 25.0 Å². The minimum Gasteiger partial charge on any atom is -0.274 e. The van der Waals surface area contributed by atoms with Gasteiger partial charge in [-0.3, -0.25) is 4.40 Å². The van der Waals surface area contributed by atoms with Crippen LogP contribution in [-0.4, -0.2) is 40.6 Å². The molecule has 0 saturated heterocycles. The number of sulfonamides is 1. The van der Waals surface area contributed by atoms with Crippen molar-refractivity contribution in [3.63, 3.8) is 0 Å². The Bertz CT molecular complexity index is 1000. The van der Waals surface area contributed by atoms with Crippen molar-refractivity contribution in [2.45, 2.75) is 36.7 Å². The molecule has 0 radical (unpaired) electrons. The number of pyridine rings is 1. The van der Waals surface area contributed by atoms with Crippen molar-refractivity contribution >= 4 is 38.6 Å². The van der Waals surface area contributed by atoms with E-state index < -0.39 is 15.5 Å². The van der Waals surface area contributed by atoms with Gasteiger partial charge in [0.05, 0.1) is 5.69 Å². The van der Waals surface area contributed by atoms with Crippen molar-refractivity contribution in [2.75, 3.05) is 12.3 Å². The summed E-state index contributed by atoms with van der Waals surface area (Å²) in [5, 5.41) is 0.883. The van der Waals surface area contributed by atoms with Crippen molar-refractivity contribution in [1.82, 2.24) is 19.1 Å². The van der Waals surface area contributed by atoms with E-state index in [1.165, 1.54) is 0 Å². The van der Waals surface area contributed by atoms with E-state index in [2.05, 4.69) is 9.97 Å². The molecule has 3 heterocycles. The highest BCUT2D eigenvalue weighted by molar-refractivity contribution is 7.99. The van der Waals surface area contributed by atoms with Gasteiger partial charge in [0.15, 0.2) is 0 Å². The Morgan fingerprint density at radius 2 is 1.85 bits per heavy atom. The lowest BCUT2D eigenvalue weighted by Crippen LogP contribution is -2.36. The third-order valence-electron chi connectivity index (χ3n) is 3.87. The zero-order valence-corrected chi connectivity index (χ0v) is 15.5. The molecule has 0 fully saturated rings. The number of imidazole rings is 2. The molecule has 0 aromatic carbocycles. The molecule has 26 heavy (non-hydrogen) atoms. The van der Waals surface area contributed by atoms with E-state index in [0.717, 1.165) is 39.7 Å². The normalized spacial score (nSPS) is 13.2. The van der Waals surface area contributed by atoms with Gasteiger partial charge in [0.2, 0.25) is 0 Å². The number of thioether (sulfide) groups is 1. The molecule has 0 bridgehead atoms. The maximum absolute atomic E-state index is 12.2. The fraction of sp³-hybridized carbons (Fsp3) is 0.467.